The van der Waals surface area contributed by atoms with Crippen molar-refractivity contribution in [2.75, 3.05) is 18.0 Å². The van der Waals surface area contributed by atoms with Crippen LogP contribution in [0.15, 0.2) is 24.3 Å². The van der Waals surface area contributed by atoms with E-state index in [-0.39, 0.29) is 17.9 Å². The molecule has 1 aliphatic carbocycles. The molecule has 1 amide bonds. The molecule has 0 heterocycles. The molecule has 2 unspecified atom stereocenters. The first-order valence-corrected chi connectivity index (χ1v) is 8.36. The van der Waals surface area contributed by atoms with Crippen molar-refractivity contribution in [3.05, 3.63) is 29.8 Å². The number of benzene rings is 1. The van der Waals surface area contributed by atoms with Crippen LogP contribution in [0.2, 0.25) is 0 Å². The Hall–Kier alpha value is -1.55. The van der Waals surface area contributed by atoms with E-state index in [0.29, 0.717) is 18.2 Å². The van der Waals surface area contributed by atoms with Crippen LogP contribution in [0.4, 0.5) is 5.69 Å². The van der Waals surface area contributed by atoms with Crippen molar-refractivity contribution in [3.8, 4) is 0 Å². The number of carbonyl (C=O) groups excluding carboxylic acids is 1. The van der Waals surface area contributed by atoms with Gasteiger partial charge in [-0.3, -0.25) is 4.79 Å². The van der Waals surface area contributed by atoms with Crippen molar-refractivity contribution in [2.45, 2.75) is 52.2 Å². The van der Waals surface area contributed by atoms with E-state index in [2.05, 4.69) is 31.0 Å². The van der Waals surface area contributed by atoms with Gasteiger partial charge in [-0.05, 0) is 57.9 Å². The third-order valence-electron chi connectivity index (χ3n) is 4.57. The van der Waals surface area contributed by atoms with Crippen LogP contribution in [0.5, 0.6) is 0 Å². The maximum absolute atomic E-state index is 12.2. The van der Waals surface area contributed by atoms with E-state index < -0.39 is 0 Å². The van der Waals surface area contributed by atoms with Gasteiger partial charge in [-0.1, -0.05) is 6.42 Å². The first-order valence-electron chi connectivity index (χ1n) is 8.36. The number of carbonyl (C=O) groups is 1. The average Bonchev–Trinajstić information content (AvgIpc) is 2.91. The second-order valence-electron chi connectivity index (χ2n) is 6.39. The molecule has 22 heavy (non-hydrogen) atoms. The number of aliphatic hydroxyl groups excluding tert-OH is 1. The molecular formula is C18H28N2O2. The summed E-state index contributed by atoms with van der Waals surface area (Å²) in [5, 5.41) is 12.7. The van der Waals surface area contributed by atoms with Gasteiger partial charge in [0.05, 0.1) is 6.10 Å². The number of anilines is 1. The molecule has 0 spiro atoms. The highest BCUT2D eigenvalue weighted by molar-refractivity contribution is 5.94. The van der Waals surface area contributed by atoms with Crippen LogP contribution in [0.25, 0.3) is 0 Å². The second-order valence-corrected chi connectivity index (χ2v) is 6.39. The van der Waals surface area contributed by atoms with E-state index >= 15 is 0 Å². The van der Waals surface area contributed by atoms with Crippen molar-refractivity contribution >= 4 is 11.6 Å². The third kappa shape index (κ3) is 4.01. The van der Waals surface area contributed by atoms with Gasteiger partial charge in [0.1, 0.15) is 0 Å². The lowest BCUT2D eigenvalue weighted by Gasteiger charge is -2.27. The molecular weight excluding hydrogens is 276 g/mol. The largest absolute Gasteiger partial charge is 0.393 e. The molecule has 0 aliphatic heterocycles. The summed E-state index contributed by atoms with van der Waals surface area (Å²) >= 11 is 0. The monoisotopic (exact) mass is 304 g/mol. The van der Waals surface area contributed by atoms with Gasteiger partial charge in [0, 0.05) is 36.3 Å². The topological polar surface area (TPSA) is 52.6 Å². The zero-order chi connectivity index (χ0) is 16.1. The minimum atomic E-state index is -0.258. The number of aliphatic hydroxyl groups is 1. The number of nitrogens with zero attached hydrogens (tertiary/aromatic N) is 1. The Kier molecular flexibility index (Phi) is 5.83. The molecule has 1 aromatic rings. The van der Waals surface area contributed by atoms with Crippen LogP contribution >= 0.6 is 0 Å². The molecule has 0 bridgehead atoms. The molecule has 2 atom stereocenters. The first-order chi connectivity index (χ1) is 10.5. The van der Waals surface area contributed by atoms with Crippen molar-refractivity contribution in [1.29, 1.82) is 0 Å². The van der Waals surface area contributed by atoms with Crippen LogP contribution in [-0.4, -0.2) is 36.2 Å². The fourth-order valence-corrected chi connectivity index (χ4v) is 3.23. The van der Waals surface area contributed by atoms with Crippen LogP contribution in [0.3, 0.4) is 0 Å². The smallest absolute Gasteiger partial charge is 0.251 e. The molecule has 1 saturated carbocycles. The Labute approximate surface area is 133 Å². The Morgan fingerprint density at radius 3 is 2.50 bits per heavy atom. The fraction of sp³-hybridized carbons (Fsp3) is 0.611. The van der Waals surface area contributed by atoms with Gasteiger partial charge in [0.25, 0.3) is 5.91 Å². The van der Waals surface area contributed by atoms with E-state index in [9.17, 15) is 9.90 Å². The number of hydrogen-bond acceptors (Lipinski definition) is 3. The predicted molar refractivity (Wildman–Crippen MR) is 90.3 cm³/mol. The van der Waals surface area contributed by atoms with Gasteiger partial charge in [0.2, 0.25) is 0 Å². The summed E-state index contributed by atoms with van der Waals surface area (Å²) in [4.78, 5) is 14.5. The molecule has 0 radical (unpaired) electrons. The predicted octanol–water partition coefficient (Wildman–Crippen LogP) is 2.81. The standard InChI is InChI=1S/C18H28N2O2/c1-4-20(13(2)3)16-10-8-14(9-11-16)18(22)19-12-15-6-5-7-17(15)21/h8-11,13,15,17,21H,4-7,12H2,1-3H3,(H,19,22). The molecule has 2 N–H and O–H groups in total. The quantitative estimate of drug-likeness (QED) is 0.849. The van der Waals surface area contributed by atoms with Crippen molar-refractivity contribution in [3.63, 3.8) is 0 Å². The summed E-state index contributed by atoms with van der Waals surface area (Å²) in [6, 6.07) is 8.20. The van der Waals surface area contributed by atoms with E-state index in [1.54, 1.807) is 0 Å². The summed E-state index contributed by atoms with van der Waals surface area (Å²) in [7, 11) is 0. The van der Waals surface area contributed by atoms with Crippen LogP contribution in [0, 0.1) is 5.92 Å². The molecule has 4 heteroatoms. The lowest BCUT2D eigenvalue weighted by Crippen LogP contribution is -2.32. The molecule has 2 rings (SSSR count). The van der Waals surface area contributed by atoms with Crippen molar-refractivity contribution in [1.82, 2.24) is 5.32 Å². The highest BCUT2D eigenvalue weighted by Crippen LogP contribution is 2.24. The highest BCUT2D eigenvalue weighted by atomic mass is 16.3. The van der Waals surface area contributed by atoms with E-state index in [1.165, 1.54) is 0 Å². The maximum atomic E-state index is 12.2. The lowest BCUT2D eigenvalue weighted by atomic mass is 10.1. The first kappa shape index (κ1) is 16.8. The van der Waals surface area contributed by atoms with Crippen LogP contribution in [-0.2, 0) is 0 Å². The molecule has 1 aromatic carbocycles. The number of nitrogens with one attached hydrogen (secondary N) is 1. The molecule has 122 valence electrons. The third-order valence-corrected chi connectivity index (χ3v) is 4.57. The molecule has 0 saturated heterocycles. The highest BCUT2D eigenvalue weighted by Gasteiger charge is 2.25. The van der Waals surface area contributed by atoms with Gasteiger partial charge >= 0.3 is 0 Å². The van der Waals surface area contributed by atoms with E-state index in [4.69, 9.17) is 0 Å². The number of hydrogen-bond donors (Lipinski definition) is 2. The summed E-state index contributed by atoms with van der Waals surface area (Å²) < 4.78 is 0. The zero-order valence-corrected chi connectivity index (χ0v) is 13.9. The summed E-state index contributed by atoms with van der Waals surface area (Å²) in [5.41, 5.74) is 1.82. The molecule has 1 fully saturated rings. The fourth-order valence-electron chi connectivity index (χ4n) is 3.23. The zero-order valence-electron chi connectivity index (χ0n) is 13.9. The Morgan fingerprint density at radius 2 is 2.00 bits per heavy atom. The van der Waals surface area contributed by atoms with Crippen molar-refractivity contribution < 1.29 is 9.90 Å². The lowest BCUT2D eigenvalue weighted by molar-refractivity contribution is 0.0917. The SMILES string of the molecule is CCN(c1ccc(C(=O)NCC2CCCC2O)cc1)C(C)C. The Balaban J connectivity index is 1.93. The molecule has 1 aliphatic rings. The minimum Gasteiger partial charge on any atom is -0.393 e. The summed E-state index contributed by atoms with van der Waals surface area (Å²) in [5.74, 6) is 0.151. The number of rotatable bonds is 6. The molecule has 0 aromatic heterocycles. The van der Waals surface area contributed by atoms with Gasteiger partial charge in [-0.25, -0.2) is 0 Å². The minimum absolute atomic E-state index is 0.0572. The van der Waals surface area contributed by atoms with Gasteiger partial charge < -0.3 is 15.3 Å². The number of amides is 1. The van der Waals surface area contributed by atoms with Gasteiger partial charge in [0.15, 0.2) is 0 Å². The van der Waals surface area contributed by atoms with Crippen molar-refractivity contribution in [2.24, 2.45) is 5.92 Å². The van der Waals surface area contributed by atoms with Crippen LogP contribution in [0.1, 0.15) is 50.4 Å². The molecule has 4 nitrogen and oxygen atoms in total. The van der Waals surface area contributed by atoms with Gasteiger partial charge in [-0.2, -0.15) is 0 Å². The normalized spacial score (nSPS) is 21.1. The maximum Gasteiger partial charge on any atom is 0.251 e. The second kappa shape index (κ2) is 7.63. The van der Waals surface area contributed by atoms with Gasteiger partial charge in [-0.15, -0.1) is 0 Å². The van der Waals surface area contributed by atoms with Crippen LogP contribution < -0.4 is 10.2 Å². The van der Waals surface area contributed by atoms with E-state index in [0.717, 1.165) is 31.5 Å². The Morgan fingerprint density at radius 1 is 1.32 bits per heavy atom. The summed E-state index contributed by atoms with van der Waals surface area (Å²) in [6.07, 6.45) is 2.66. The average molecular weight is 304 g/mol. The van der Waals surface area contributed by atoms with E-state index in [1.807, 2.05) is 24.3 Å². The Bertz CT molecular complexity index is 484. The summed E-state index contributed by atoms with van der Waals surface area (Å²) in [6.45, 7) is 7.97.